The molecule has 0 saturated heterocycles. The monoisotopic (exact) mass is 406 g/mol. The van der Waals surface area contributed by atoms with Gasteiger partial charge in [-0.05, 0) is 47.5 Å². The predicted molar refractivity (Wildman–Crippen MR) is 118 cm³/mol. The SMILES string of the molecule is COc1ccc(/C=C/C(C)(C)COCc2ccc(F)c(Oc3ccccc3)c2)cc1. The van der Waals surface area contributed by atoms with E-state index in [-0.39, 0.29) is 11.2 Å². The predicted octanol–water partition coefficient (Wildman–Crippen LogP) is 6.88. The van der Waals surface area contributed by atoms with E-state index in [1.165, 1.54) is 6.07 Å². The van der Waals surface area contributed by atoms with Crippen molar-refractivity contribution in [2.45, 2.75) is 20.5 Å². The van der Waals surface area contributed by atoms with Crippen LogP contribution in [0.1, 0.15) is 25.0 Å². The van der Waals surface area contributed by atoms with Gasteiger partial charge in [-0.25, -0.2) is 4.39 Å². The number of halogens is 1. The minimum absolute atomic E-state index is 0.149. The van der Waals surface area contributed by atoms with E-state index in [0.29, 0.717) is 19.0 Å². The third-order valence-corrected chi connectivity index (χ3v) is 4.55. The maximum Gasteiger partial charge on any atom is 0.165 e. The molecule has 3 nitrogen and oxygen atoms in total. The van der Waals surface area contributed by atoms with Gasteiger partial charge in [-0.3, -0.25) is 0 Å². The van der Waals surface area contributed by atoms with Crippen LogP contribution in [-0.2, 0) is 11.3 Å². The molecule has 0 heterocycles. The number of benzene rings is 3. The summed E-state index contributed by atoms with van der Waals surface area (Å²) in [5.74, 6) is 1.23. The van der Waals surface area contributed by atoms with Crippen LogP contribution in [0.4, 0.5) is 4.39 Å². The summed E-state index contributed by atoms with van der Waals surface area (Å²) < 4.78 is 30.8. The fraction of sp³-hybridized carbons (Fsp3) is 0.231. The molecule has 3 aromatic rings. The van der Waals surface area contributed by atoms with E-state index in [9.17, 15) is 4.39 Å². The van der Waals surface area contributed by atoms with Crippen LogP contribution in [0.2, 0.25) is 0 Å². The molecule has 4 heteroatoms. The normalized spacial score (nSPS) is 11.6. The van der Waals surface area contributed by atoms with Gasteiger partial charge in [-0.1, -0.05) is 62.4 Å². The summed E-state index contributed by atoms with van der Waals surface area (Å²) in [7, 11) is 1.66. The molecule has 30 heavy (non-hydrogen) atoms. The molecular weight excluding hydrogens is 379 g/mol. The van der Waals surface area contributed by atoms with E-state index in [1.807, 2.05) is 42.5 Å². The molecule has 0 N–H and O–H groups in total. The van der Waals surface area contributed by atoms with E-state index < -0.39 is 5.82 Å². The molecule has 0 atom stereocenters. The summed E-state index contributed by atoms with van der Waals surface area (Å²) in [4.78, 5) is 0. The summed E-state index contributed by atoms with van der Waals surface area (Å²) in [5.41, 5.74) is 1.81. The zero-order chi connectivity index (χ0) is 21.4. The molecule has 0 unspecified atom stereocenters. The molecule has 3 rings (SSSR count). The standard InChI is InChI=1S/C26H27FO3/c1-26(2,16-15-20-9-12-22(28-3)13-10-20)19-29-18-21-11-14-24(27)25(17-21)30-23-7-5-4-6-8-23/h4-17H,18-19H2,1-3H3/b16-15+. The van der Waals surface area contributed by atoms with E-state index in [2.05, 4.69) is 26.0 Å². The molecule has 0 aliphatic heterocycles. The maximum atomic E-state index is 14.1. The first kappa shape index (κ1) is 21.6. The van der Waals surface area contributed by atoms with Crippen molar-refractivity contribution in [3.05, 3.63) is 95.8 Å². The van der Waals surface area contributed by atoms with Crippen LogP contribution in [0.3, 0.4) is 0 Å². The van der Waals surface area contributed by atoms with Crippen LogP contribution in [0, 0.1) is 11.2 Å². The molecule has 0 aliphatic carbocycles. The summed E-state index contributed by atoms with van der Waals surface area (Å²) in [5, 5.41) is 0. The Balaban J connectivity index is 1.55. The van der Waals surface area contributed by atoms with E-state index in [4.69, 9.17) is 14.2 Å². The van der Waals surface area contributed by atoms with Gasteiger partial charge in [0, 0.05) is 5.41 Å². The lowest BCUT2D eigenvalue weighted by molar-refractivity contribution is 0.0719. The highest BCUT2D eigenvalue weighted by atomic mass is 19.1. The molecule has 0 fully saturated rings. The van der Waals surface area contributed by atoms with Gasteiger partial charge in [0.05, 0.1) is 20.3 Å². The zero-order valence-corrected chi connectivity index (χ0v) is 17.6. The molecule has 3 aromatic carbocycles. The molecule has 0 amide bonds. The molecule has 0 saturated carbocycles. The summed E-state index contributed by atoms with van der Waals surface area (Å²) in [6.45, 7) is 5.14. The smallest absolute Gasteiger partial charge is 0.165 e. The number of hydrogen-bond donors (Lipinski definition) is 0. The van der Waals surface area contributed by atoms with Crippen LogP contribution in [0.25, 0.3) is 6.08 Å². The van der Waals surface area contributed by atoms with Gasteiger partial charge in [0.25, 0.3) is 0 Å². The zero-order valence-electron chi connectivity index (χ0n) is 17.6. The molecular formula is C26H27FO3. The van der Waals surface area contributed by atoms with Gasteiger partial charge < -0.3 is 14.2 Å². The topological polar surface area (TPSA) is 27.7 Å². The van der Waals surface area contributed by atoms with Crippen LogP contribution in [0.5, 0.6) is 17.2 Å². The van der Waals surface area contributed by atoms with E-state index in [0.717, 1.165) is 16.9 Å². The number of hydrogen-bond acceptors (Lipinski definition) is 3. The average Bonchev–Trinajstić information content (AvgIpc) is 2.75. The Kier molecular flexibility index (Phi) is 7.26. The third-order valence-electron chi connectivity index (χ3n) is 4.55. The lowest BCUT2D eigenvalue weighted by Gasteiger charge is -2.20. The Bertz CT molecular complexity index is 963. The van der Waals surface area contributed by atoms with Gasteiger partial charge in [-0.15, -0.1) is 0 Å². The van der Waals surface area contributed by atoms with Crippen molar-refractivity contribution in [3.63, 3.8) is 0 Å². The van der Waals surface area contributed by atoms with Crippen molar-refractivity contribution in [3.8, 4) is 17.2 Å². The fourth-order valence-corrected chi connectivity index (χ4v) is 2.85. The van der Waals surface area contributed by atoms with Crippen LogP contribution in [0.15, 0.2) is 78.9 Å². The fourth-order valence-electron chi connectivity index (χ4n) is 2.85. The number of ether oxygens (including phenoxy) is 3. The molecule has 156 valence electrons. The van der Waals surface area contributed by atoms with Gasteiger partial charge >= 0.3 is 0 Å². The van der Waals surface area contributed by atoms with Gasteiger partial charge in [0.15, 0.2) is 11.6 Å². The van der Waals surface area contributed by atoms with Gasteiger partial charge in [-0.2, -0.15) is 0 Å². The molecule has 0 radical (unpaired) electrons. The first-order valence-corrected chi connectivity index (χ1v) is 9.87. The lowest BCUT2D eigenvalue weighted by Crippen LogP contribution is -2.16. The number of methoxy groups -OCH3 is 1. The number of para-hydroxylation sites is 1. The third kappa shape index (κ3) is 6.46. The highest BCUT2D eigenvalue weighted by Gasteiger charge is 2.14. The first-order valence-electron chi connectivity index (χ1n) is 9.87. The Morgan fingerprint density at radius 1 is 0.900 bits per heavy atom. The van der Waals surface area contributed by atoms with Crippen molar-refractivity contribution in [2.24, 2.45) is 5.41 Å². The Hall–Kier alpha value is -3.11. The van der Waals surface area contributed by atoms with Crippen LogP contribution < -0.4 is 9.47 Å². The van der Waals surface area contributed by atoms with E-state index in [1.54, 1.807) is 31.4 Å². The highest BCUT2D eigenvalue weighted by Crippen LogP contribution is 2.26. The Morgan fingerprint density at radius 3 is 2.33 bits per heavy atom. The summed E-state index contributed by atoms with van der Waals surface area (Å²) >= 11 is 0. The van der Waals surface area contributed by atoms with E-state index >= 15 is 0 Å². The Labute approximate surface area is 177 Å². The molecule has 0 aromatic heterocycles. The molecule has 0 bridgehead atoms. The number of rotatable bonds is 9. The van der Waals surface area contributed by atoms with Gasteiger partial charge in [0.1, 0.15) is 11.5 Å². The Morgan fingerprint density at radius 2 is 1.63 bits per heavy atom. The molecule has 0 spiro atoms. The van der Waals surface area contributed by atoms with Gasteiger partial charge in [0.2, 0.25) is 0 Å². The summed E-state index contributed by atoms with van der Waals surface area (Å²) in [6.07, 6.45) is 4.20. The molecule has 0 aliphatic rings. The highest BCUT2D eigenvalue weighted by molar-refractivity contribution is 5.51. The second-order valence-electron chi connectivity index (χ2n) is 7.77. The minimum Gasteiger partial charge on any atom is -0.497 e. The van der Waals surface area contributed by atoms with Crippen molar-refractivity contribution < 1.29 is 18.6 Å². The average molecular weight is 406 g/mol. The minimum atomic E-state index is -0.398. The van der Waals surface area contributed by atoms with Crippen molar-refractivity contribution in [1.82, 2.24) is 0 Å². The largest absolute Gasteiger partial charge is 0.497 e. The lowest BCUT2D eigenvalue weighted by atomic mass is 9.93. The van der Waals surface area contributed by atoms with Crippen LogP contribution >= 0.6 is 0 Å². The quantitative estimate of drug-likeness (QED) is 0.387. The second-order valence-corrected chi connectivity index (χ2v) is 7.77. The summed E-state index contributed by atoms with van der Waals surface area (Å²) in [6, 6.07) is 21.9. The van der Waals surface area contributed by atoms with Crippen molar-refractivity contribution in [1.29, 1.82) is 0 Å². The second kappa shape index (κ2) is 10.1. The maximum absolute atomic E-state index is 14.1. The first-order chi connectivity index (χ1) is 14.4. The van der Waals surface area contributed by atoms with Crippen LogP contribution in [-0.4, -0.2) is 13.7 Å². The van der Waals surface area contributed by atoms with Crippen molar-refractivity contribution >= 4 is 6.08 Å². The van der Waals surface area contributed by atoms with Crippen molar-refractivity contribution in [2.75, 3.05) is 13.7 Å².